The Morgan fingerprint density at radius 3 is 2.21 bits per heavy atom. The van der Waals surface area contributed by atoms with E-state index in [2.05, 4.69) is 19.1 Å². The molecule has 0 aromatic heterocycles. The zero-order valence-corrected chi connectivity index (χ0v) is 11.0. The Morgan fingerprint density at radius 2 is 1.63 bits per heavy atom. The zero-order chi connectivity index (χ0) is 13.5. The minimum atomic E-state index is -0.661. The molecule has 0 spiro atoms. The molecule has 0 saturated heterocycles. The van der Waals surface area contributed by atoms with Gasteiger partial charge in [0.2, 0.25) is 0 Å². The van der Waals surface area contributed by atoms with Gasteiger partial charge in [0.15, 0.2) is 0 Å². The van der Waals surface area contributed by atoms with E-state index < -0.39 is 6.10 Å². The molecule has 0 heterocycles. The van der Waals surface area contributed by atoms with Crippen LogP contribution in [0.1, 0.15) is 30.6 Å². The molecule has 0 bridgehead atoms. The fourth-order valence-corrected chi connectivity index (χ4v) is 3.13. The molecular weight excluding hydrogens is 236 g/mol. The number of aliphatic hydroxyl groups is 1. The van der Waals surface area contributed by atoms with Crippen LogP contribution in [0, 0.1) is 5.92 Å². The lowest BCUT2D eigenvalue weighted by Gasteiger charge is -2.25. The van der Waals surface area contributed by atoms with Gasteiger partial charge in [0.1, 0.15) is 5.75 Å². The molecule has 98 valence electrons. The summed E-state index contributed by atoms with van der Waals surface area (Å²) in [6.45, 7) is 2.15. The number of hydrogen-bond acceptors (Lipinski definition) is 2. The Labute approximate surface area is 113 Å². The highest BCUT2D eigenvalue weighted by Crippen LogP contribution is 2.61. The highest BCUT2D eigenvalue weighted by Gasteiger charge is 2.58. The zero-order valence-electron chi connectivity index (χ0n) is 11.0. The predicted octanol–water partition coefficient (Wildman–Crippen LogP) is 3.40. The lowest BCUT2D eigenvalue weighted by Crippen LogP contribution is -2.20. The van der Waals surface area contributed by atoms with Crippen molar-refractivity contribution >= 4 is 0 Å². The van der Waals surface area contributed by atoms with Gasteiger partial charge in [-0.1, -0.05) is 55.5 Å². The number of para-hydroxylation sites is 1. The molecule has 1 fully saturated rings. The summed E-state index contributed by atoms with van der Waals surface area (Å²) in [6, 6.07) is 17.2. The Balaban J connectivity index is 2.03. The summed E-state index contributed by atoms with van der Waals surface area (Å²) < 4.78 is 0. The van der Waals surface area contributed by atoms with Crippen LogP contribution in [-0.4, -0.2) is 10.2 Å². The number of phenols is 1. The topological polar surface area (TPSA) is 40.5 Å². The van der Waals surface area contributed by atoms with Crippen molar-refractivity contribution in [3.8, 4) is 5.75 Å². The molecule has 1 unspecified atom stereocenters. The van der Waals surface area contributed by atoms with Gasteiger partial charge < -0.3 is 10.2 Å². The molecule has 2 nitrogen and oxygen atoms in total. The molecule has 0 aliphatic heterocycles. The van der Waals surface area contributed by atoms with Crippen LogP contribution in [0.15, 0.2) is 54.6 Å². The van der Waals surface area contributed by atoms with Gasteiger partial charge in [0.25, 0.3) is 0 Å². The van der Waals surface area contributed by atoms with Crippen LogP contribution >= 0.6 is 0 Å². The first kappa shape index (κ1) is 12.2. The minimum absolute atomic E-state index is 0.171. The van der Waals surface area contributed by atoms with E-state index in [1.54, 1.807) is 18.2 Å². The van der Waals surface area contributed by atoms with Gasteiger partial charge in [-0.25, -0.2) is 0 Å². The van der Waals surface area contributed by atoms with E-state index in [4.69, 9.17) is 0 Å². The Bertz CT molecular complexity index is 579. The molecule has 19 heavy (non-hydrogen) atoms. The van der Waals surface area contributed by atoms with E-state index in [9.17, 15) is 10.2 Å². The van der Waals surface area contributed by atoms with Crippen molar-refractivity contribution in [2.24, 2.45) is 5.92 Å². The summed E-state index contributed by atoms with van der Waals surface area (Å²) in [5, 5.41) is 20.7. The minimum Gasteiger partial charge on any atom is -0.508 e. The monoisotopic (exact) mass is 254 g/mol. The molecule has 3 rings (SSSR count). The van der Waals surface area contributed by atoms with E-state index >= 15 is 0 Å². The SMILES string of the molecule is C[C@H]1C[C@]1(c1ccccc1)C(O)c1ccccc1O. The summed E-state index contributed by atoms with van der Waals surface area (Å²) in [7, 11) is 0. The second-order valence-electron chi connectivity index (χ2n) is 5.47. The average molecular weight is 254 g/mol. The van der Waals surface area contributed by atoms with E-state index in [0.717, 1.165) is 12.0 Å². The number of hydrogen-bond donors (Lipinski definition) is 2. The fourth-order valence-electron chi connectivity index (χ4n) is 3.13. The molecule has 2 aromatic carbocycles. The van der Waals surface area contributed by atoms with Gasteiger partial charge in [-0.15, -0.1) is 0 Å². The molecule has 1 saturated carbocycles. The van der Waals surface area contributed by atoms with Gasteiger partial charge in [-0.05, 0) is 24.0 Å². The second-order valence-corrected chi connectivity index (χ2v) is 5.47. The van der Waals surface area contributed by atoms with Crippen LogP contribution in [0.25, 0.3) is 0 Å². The third kappa shape index (κ3) is 1.83. The van der Waals surface area contributed by atoms with Gasteiger partial charge >= 0.3 is 0 Å². The molecule has 1 aliphatic carbocycles. The number of aliphatic hydroxyl groups excluding tert-OH is 1. The van der Waals surface area contributed by atoms with Crippen LogP contribution in [0.4, 0.5) is 0 Å². The van der Waals surface area contributed by atoms with Crippen LogP contribution in [0.2, 0.25) is 0 Å². The first-order chi connectivity index (χ1) is 9.16. The Hall–Kier alpha value is -1.80. The molecule has 0 amide bonds. The highest BCUT2D eigenvalue weighted by atomic mass is 16.3. The number of phenolic OH excluding ortho intramolecular Hbond substituents is 1. The van der Waals surface area contributed by atoms with E-state index in [-0.39, 0.29) is 11.2 Å². The number of aromatic hydroxyl groups is 1. The standard InChI is InChI=1S/C17H18O2/c1-12-11-17(12,13-7-3-2-4-8-13)16(19)14-9-5-6-10-15(14)18/h2-10,12,16,18-19H,11H2,1H3/t12-,16?,17-/m0/s1. The maximum Gasteiger partial charge on any atom is 0.121 e. The number of rotatable bonds is 3. The van der Waals surface area contributed by atoms with Crippen molar-refractivity contribution in [3.05, 3.63) is 65.7 Å². The van der Waals surface area contributed by atoms with Crippen LogP contribution in [0.3, 0.4) is 0 Å². The molecule has 2 heteroatoms. The summed E-state index contributed by atoms with van der Waals surface area (Å²) in [4.78, 5) is 0. The lowest BCUT2D eigenvalue weighted by molar-refractivity contribution is 0.123. The summed E-state index contributed by atoms with van der Waals surface area (Å²) in [5.74, 6) is 0.592. The molecule has 0 radical (unpaired) electrons. The van der Waals surface area contributed by atoms with E-state index in [0.29, 0.717) is 11.5 Å². The first-order valence-electron chi connectivity index (χ1n) is 6.68. The van der Waals surface area contributed by atoms with Crippen molar-refractivity contribution in [3.63, 3.8) is 0 Å². The van der Waals surface area contributed by atoms with Gasteiger partial charge in [0.05, 0.1) is 6.10 Å². The predicted molar refractivity (Wildman–Crippen MR) is 75.0 cm³/mol. The fraction of sp³-hybridized carbons (Fsp3) is 0.294. The van der Waals surface area contributed by atoms with Crippen LogP contribution in [0.5, 0.6) is 5.75 Å². The maximum absolute atomic E-state index is 10.8. The summed E-state index contributed by atoms with van der Waals surface area (Å²) >= 11 is 0. The van der Waals surface area contributed by atoms with Crippen LogP contribution in [-0.2, 0) is 5.41 Å². The highest BCUT2D eigenvalue weighted by molar-refractivity contribution is 5.43. The van der Waals surface area contributed by atoms with Crippen LogP contribution < -0.4 is 0 Å². The van der Waals surface area contributed by atoms with Gasteiger partial charge in [0, 0.05) is 11.0 Å². The van der Waals surface area contributed by atoms with Crippen molar-refractivity contribution < 1.29 is 10.2 Å². The van der Waals surface area contributed by atoms with Crippen molar-refractivity contribution in [1.82, 2.24) is 0 Å². The Kier molecular flexibility index (Phi) is 2.83. The lowest BCUT2D eigenvalue weighted by atomic mass is 9.84. The molecule has 3 atom stereocenters. The second kappa shape index (κ2) is 4.39. The average Bonchev–Trinajstić information content (AvgIpc) is 3.12. The molecule has 2 aromatic rings. The first-order valence-corrected chi connectivity index (χ1v) is 6.68. The van der Waals surface area contributed by atoms with Gasteiger partial charge in [-0.3, -0.25) is 0 Å². The van der Waals surface area contributed by atoms with Gasteiger partial charge in [-0.2, -0.15) is 0 Å². The Morgan fingerprint density at radius 1 is 1.05 bits per heavy atom. The molecule has 2 N–H and O–H groups in total. The molecular formula is C17H18O2. The quantitative estimate of drug-likeness (QED) is 0.881. The summed E-state index contributed by atoms with van der Waals surface area (Å²) in [5.41, 5.74) is 1.52. The van der Waals surface area contributed by atoms with Crippen molar-refractivity contribution in [2.75, 3.05) is 0 Å². The largest absolute Gasteiger partial charge is 0.508 e. The maximum atomic E-state index is 10.8. The van der Waals surface area contributed by atoms with E-state index in [1.165, 1.54) is 0 Å². The van der Waals surface area contributed by atoms with Crippen molar-refractivity contribution in [1.29, 1.82) is 0 Å². The normalized spacial score (nSPS) is 26.9. The summed E-state index contributed by atoms with van der Waals surface area (Å²) in [6.07, 6.45) is 0.290. The third-order valence-corrected chi connectivity index (χ3v) is 4.39. The smallest absolute Gasteiger partial charge is 0.121 e. The van der Waals surface area contributed by atoms with Crippen molar-refractivity contribution in [2.45, 2.75) is 24.9 Å². The van der Waals surface area contributed by atoms with E-state index in [1.807, 2.05) is 24.3 Å². The number of benzene rings is 2. The molecule has 1 aliphatic rings. The third-order valence-electron chi connectivity index (χ3n) is 4.39.